The molecular weight excluding hydrogens is 273 g/mol. The fraction of sp³-hybridized carbons (Fsp3) is 0.500. The van der Waals surface area contributed by atoms with Crippen LogP contribution in [0.3, 0.4) is 0 Å². The molecule has 3 nitrogen and oxygen atoms in total. The molecule has 112 valence electrons. The molecule has 0 unspecified atom stereocenters. The van der Waals surface area contributed by atoms with E-state index in [1.54, 1.807) is 18.2 Å². The first-order valence-electron chi connectivity index (χ1n) is 6.18. The minimum absolute atomic E-state index is 0.00983. The Bertz CT molecular complexity index is 455. The lowest BCUT2D eigenvalue weighted by Crippen LogP contribution is -2.18. The normalized spacial score (nSPS) is 11.4. The first kappa shape index (κ1) is 16.5. The Morgan fingerprint density at radius 3 is 2.50 bits per heavy atom. The lowest BCUT2D eigenvalue weighted by Gasteiger charge is -2.11. The molecule has 0 atom stereocenters. The molecule has 1 rings (SSSR count). The smallest absolute Gasteiger partial charge is 0.411 e. The number of carbonyl (C=O) groups excluding carboxylic acids is 1. The van der Waals surface area contributed by atoms with Gasteiger partial charge in [-0.1, -0.05) is 0 Å². The van der Waals surface area contributed by atoms with Crippen LogP contribution in [0.4, 0.5) is 13.2 Å². The van der Waals surface area contributed by atoms with Crippen molar-refractivity contribution in [2.75, 3.05) is 19.8 Å². The monoisotopic (exact) mass is 290 g/mol. The lowest BCUT2D eigenvalue weighted by atomic mass is 10.1. The highest BCUT2D eigenvalue weighted by Gasteiger charge is 2.27. The predicted molar refractivity (Wildman–Crippen MR) is 68.2 cm³/mol. The van der Waals surface area contributed by atoms with Gasteiger partial charge in [-0.2, -0.15) is 13.2 Å². The summed E-state index contributed by atoms with van der Waals surface area (Å²) in [6, 6.07) is 5.06. The summed E-state index contributed by atoms with van der Waals surface area (Å²) in [5, 5.41) is 0. The van der Waals surface area contributed by atoms with E-state index < -0.39 is 12.8 Å². The van der Waals surface area contributed by atoms with Crippen LogP contribution in [0.25, 0.3) is 0 Å². The van der Waals surface area contributed by atoms with Crippen LogP contribution in [-0.4, -0.2) is 31.8 Å². The van der Waals surface area contributed by atoms with E-state index in [4.69, 9.17) is 4.74 Å². The Morgan fingerprint density at radius 1 is 1.25 bits per heavy atom. The van der Waals surface area contributed by atoms with Crippen molar-refractivity contribution < 1.29 is 27.4 Å². The highest BCUT2D eigenvalue weighted by Crippen LogP contribution is 2.19. The third kappa shape index (κ3) is 6.06. The number of hydrogen-bond donors (Lipinski definition) is 0. The molecule has 0 aliphatic rings. The van der Waals surface area contributed by atoms with Gasteiger partial charge in [0.25, 0.3) is 0 Å². The number of ketones is 1. The molecule has 1 aromatic carbocycles. The molecule has 0 aliphatic heterocycles. The fourth-order valence-corrected chi connectivity index (χ4v) is 1.56. The molecule has 0 amide bonds. The van der Waals surface area contributed by atoms with Crippen LogP contribution < -0.4 is 4.74 Å². The Balaban J connectivity index is 2.31. The molecule has 0 spiro atoms. The number of carbonyl (C=O) groups is 1. The minimum atomic E-state index is -4.29. The van der Waals surface area contributed by atoms with E-state index in [-0.39, 0.29) is 19.0 Å². The summed E-state index contributed by atoms with van der Waals surface area (Å²) in [6.45, 7) is 2.30. The Kier molecular flexibility index (Phi) is 6.01. The maximum atomic E-state index is 11.8. The second kappa shape index (κ2) is 7.28. The van der Waals surface area contributed by atoms with Crippen LogP contribution in [0.15, 0.2) is 18.2 Å². The molecule has 0 saturated carbocycles. The van der Waals surface area contributed by atoms with Gasteiger partial charge in [-0.15, -0.1) is 0 Å². The van der Waals surface area contributed by atoms with Gasteiger partial charge in [0.2, 0.25) is 0 Å². The van der Waals surface area contributed by atoms with Crippen molar-refractivity contribution in [1.29, 1.82) is 0 Å². The molecule has 1 aromatic rings. The molecular formula is C14H17F3O3. The zero-order valence-corrected chi connectivity index (χ0v) is 11.4. The van der Waals surface area contributed by atoms with E-state index in [9.17, 15) is 18.0 Å². The van der Waals surface area contributed by atoms with Crippen LogP contribution in [0, 0.1) is 6.92 Å². The molecule has 0 bridgehead atoms. The zero-order chi connectivity index (χ0) is 15.2. The quantitative estimate of drug-likeness (QED) is 0.569. The number of rotatable bonds is 7. The van der Waals surface area contributed by atoms with Crippen LogP contribution >= 0.6 is 0 Å². The lowest BCUT2D eigenvalue weighted by molar-refractivity contribution is -0.174. The Hall–Kier alpha value is -1.56. The van der Waals surface area contributed by atoms with Gasteiger partial charge in [-0.25, -0.2) is 0 Å². The molecule has 0 heterocycles. The largest absolute Gasteiger partial charge is 0.493 e. The van der Waals surface area contributed by atoms with E-state index in [2.05, 4.69) is 4.74 Å². The van der Waals surface area contributed by atoms with Crippen molar-refractivity contribution in [2.24, 2.45) is 0 Å². The van der Waals surface area contributed by atoms with Crippen molar-refractivity contribution >= 4 is 5.78 Å². The highest BCUT2D eigenvalue weighted by atomic mass is 19.4. The maximum absolute atomic E-state index is 11.8. The summed E-state index contributed by atoms with van der Waals surface area (Å²) in [5.41, 5.74) is 1.41. The third-order valence-electron chi connectivity index (χ3n) is 2.54. The minimum Gasteiger partial charge on any atom is -0.493 e. The number of halogens is 3. The van der Waals surface area contributed by atoms with Gasteiger partial charge in [0.05, 0.1) is 13.2 Å². The van der Waals surface area contributed by atoms with E-state index in [1.807, 2.05) is 6.92 Å². The van der Waals surface area contributed by atoms with Crippen LogP contribution in [0.2, 0.25) is 0 Å². The van der Waals surface area contributed by atoms with Gasteiger partial charge >= 0.3 is 6.18 Å². The SMILES string of the molecule is CC(=O)c1ccc(OCCCOCC(F)(F)F)c(C)c1. The van der Waals surface area contributed by atoms with Gasteiger partial charge in [0.1, 0.15) is 12.4 Å². The average Bonchev–Trinajstić information content (AvgIpc) is 2.33. The molecule has 0 aromatic heterocycles. The maximum Gasteiger partial charge on any atom is 0.411 e. The Labute approximate surface area is 115 Å². The van der Waals surface area contributed by atoms with Gasteiger partial charge < -0.3 is 9.47 Å². The van der Waals surface area contributed by atoms with E-state index in [1.165, 1.54) is 6.92 Å². The number of benzene rings is 1. The molecule has 6 heteroatoms. The molecule has 0 aliphatic carbocycles. The van der Waals surface area contributed by atoms with E-state index in [0.717, 1.165) is 5.56 Å². The first-order chi connectivity index (χ1) is 9.29. The van der Waals surface area contributed by atoms with Crippen molar-refractivity contribution in [3.8, 4) is 5.75 Å². The van der Waals surface area contributed by atoms with Crippen LogP contribution in [0.1, 0.15) is 29.3 Å². The molecule has 0 radical (unpaired) electrons. The van der Waals surface area contributed by atoms with Crippen molar-refractivity contribution in [3.05, 3.63) is 29.3 Å². The van der Waals surface area contributed by atoms with Crippen molar-refractivity contribution in [3.63, 3.8) is 0 Å². The summed E-state index contributed by atoms with van der Waals surface area (Å²) < 4.78 is 45.3. The third-order valence-corrected chi connectivity index (χ3v) is 2.54. The van der Waals surface area contributed by atoms with E-state index >= 15 is 0 Å². The second-order valence-corrected chi connectivity index (χ2v) is 4.41. The van der Waals surface area contributed by atoms with E-state index in [0.29, 0.717) is 17.7 Å². The zero-order valence-electron chi connectivity index (χ0n) is 11.4. The van der Waals surface area contributed by atoms with Gasteiger partial charge in [-0.05, 0) is 37.6 Å². The van der Waals surface area contributed by atoms with Crippen molar-refractivity contribution in [1.82, 2.24) is 0 Å². The number of aryl methyl sites for hydroxylation is 1. The van der Waals surface area contributed by atoms with Gasteiger partial charge in [0.15, 0.2) is 5.78 Å². The molecule has 0 N–H and O–H groups in total. The summed E-state index contributed by atoms with van der Waals surface area (Å²) in [7, 11) is 0. The summed E-state index contributed by atoms with van der Waals surface area (Å²) in [6.07, 6.45) is -3.93. The van der Waals surface area contributed by atoms with Crippen LogP contribution in [0.5, 0.6) is 5.75 Å². The molecule has 20 heavy (non-hydrogen) atoms. The van der Waals surface area contributed by atoms with Gasteiger partial charge in [-0.3, -0.25) is 4.79 Å². The second-order valence-electron chi connectivity index (χ2n) is 4.41. The topological polar surface area (TPSA) is 35.5 Å². The molecule has 0 saturated heterocycles. The number of alkyl halides is 3. The summed E-state index contributed by atoms with van der Waals surface area (Å²) in [5.74, 6) is 0.589. The van der Waals surface area contributed by atoms with Crippen molar-refractivity contribution in [2.45, 2.75) is 26.4 Å². The van der Waals surface area contributed by atoms with Crippen LogP contribution in [-0.2, 0) is 4.74 Å². The standard InChI is InChI=1S/C14H17F3O3/c1-10-8-12(11(2)18)4-5-13(10)20-7-3-6-19-9-14(15,16)17/h4-5,8H,3,6-7,9H2,1-2H3. The average molecular weight is 290 g/mol. The predicted octanol–water partition coefficient (Wildman–Crippen LogP) is 3.55. The first-order valence-corrected chi connectivity index (χ1v) is 6.18. The fourth-order valence-electron chi connectivity index (χ4n) is 1.56. The Morgan fingerprint density at radius 2 is 1.95 bits per heavy atom. The summed E-state index contributed by atoms with van der Waals surface area (Å²) in [4.78, 5) is 11.2. The number of ether oxygens (including phenoxy) is 2. The number of hydrogen-bond acceptors (Lipinski definition) is 3. The number of Topliss-reactive ketones (excluding diaryl/α,β-unsaturated/α-hetero) is 1. The van der Waals surface area contributed by atoms with Gasteiger partial charge in [0, 0.05) is 12.0 Å². The molecule has 0 fully saturated rings. The highest BCUT2D eigenvalue weighted by molar-refractivity contribution is 5.94. The summed E-state index contributed by atoms with van der Waals surface area (Å²) >= 11 is 0.